The molecule has 5 nitrogen and oxygen atoms in total. The van der Waals surface area contributed by atoms with E-state index in [1.807, 2.05) is 49.3 Å². The predicted octanol–water partition coefficient (Wildman–Crippen LogP) is 2.37. The van der Waals surface area contributed by atoms with Crippen LogP contribution >= 0.6 is 0 Å². The van der Waals surface area contributed by atoms with E-state index in [9.17, 15) is 4.79 Å². The minimum Gasteiger partial charge on any atom is -0.464 e. The van der Waals surface area contributed by atoms with Crippen molar-refractivity contribution in [2.75, 3.05) is 7.11 Å². The van der Waals surface area contributed by atoms with Crippen LogP contribution in [0.15, 0.2) is 36.7 Å². The molecule has 3 heterocycles. The number of hydrogen-bond donors (Lipinski definition) is 0. The zero-order chi connectivity index (χ0) is 14.3. The van der Waals surface area contributed by atoms with Crippen molar-refractivity contribution in [2.24, 2.45) is 14.1 Å². The molecule has 3 aromatic heterocycles. The summed E-state index contributed by atoms with van der Waals surface area (Å²) in [6, 6.07) is 7.76. The standard InChI is InChI=1S/C15H15N3O2/c1-17-7-6-12-13(17)5-4-11(16-12)10-8-14(15(19)20-3)18(2)9-10/h4-9H,1-3H3. The van der Waals surface area contributed by atoms with E-state index in [1.54, 1.807) is 10.6 Å². The second-order valence-corrected chi connectivity index (χ2v) is 4.74. The Balaban J connectivity index is 2.08. The molecule has 0 fully saturated rings. The Morgan fingerprint density at radius 1 is 1.20 bits per heavy atom. The molecule has 0 N–H and O–H groups in total. The molecule has 0 atom stereocenters. The van der Waals surface area contributed by atoms with Crippen molar-refractivity contribution in [1.29, 1.82) is 0 Å². The molecule has 102 valence electrons. The minimum absolute atomic E-state index is 0.348. The predicted molar refractivity (Wildman–Crippen MR) is 76.5 cm³/mol. The van der Waals surface area contributed by atoms with Crippen molar-refractivity contribution in [3.05, 3.63) is 42.4 Å². The van der Waals surface area contributed by atoms with Crippen LogP contribution in [-0.2, 0) is 18.8 Å². The van der Waals surface area contributed by atoms with Gasteiger partial charge in [0.15, 0.2) is 0 Å². The van der Waals surface area contributed by atoms with Gasteiger partial charge >= 0.3 is 5.97 Å². The van der Waals surface area contributed by atoms with Gasteiger partial charge in [-0.2, -0.15) is 0 Å². The fraction of sp³-hybridized carbons (Fsp3) is 0.200. The number of nitrogens with zero attached hydrogens (tertiary/aromatic N) is 3. The second-order valence-electron chi connectivity index (χ2n) is 4.74. The van der Waals surface area contributed by atoms with Crippen LogP contribution in [0.25, 0.3) is 22.3 Å². The maximum Gasteiger partial charge on any atom is 0.354 e. The molecule has 3 aromatic rings. The van der Waals surface area contributed by atoms with Gasteiger partial charge in [0.1, 0.15) is 5.69 Å². The number of esters is 1. The van der Waals surface area contributed by atoms with Crippen LogP contribution in [0.5, 0.6) is 0 Å². The van der Waals surface area contributed by atoms with Crippen LogP contribution in [0.2, 0.25) is 0 Å². The number of carbonyl (C=O) groups excluding carboxylic acids is 1. The van der Waals surface area contributed by atoms with Gasteiger partial charge in [-0.25, -0.2) is 9.78 Å². The van der Waals surface area contributed by atoms with Crippen molar-refractivity contribution >= 4 is 17.0 Å². The van der Waals surface area contributed by atoms with Crippen molar-refractivity contribution < 1.29 is 9.53 Å². The molecular weight excluding hydrogens is 254 g/mol. The lowest BCUT2D eigenvalue weighted by atomic mass is 10.2. The summed E-state index contributed by atoms with van der Waals surface area (Å²) < 4.78 is 8.53. The van der Waals surface area contributed by atoms with Gasteiger partial charge in [-0.3, -0.25) is 0 Å². The number of hydrogen-bond acceptors (Lipinski definition) is 3. The van der Waals surface area contributed by atoms with Crippen LogP contribution in [-0.4, -0.2) is 27.2 Å². The molecule has 0 saturated carbocycles. The van der Waals surface area contributed by atoms with E-state index in [2.05, 4.69) is 4.98 Å². The number of fused-ring (bicyclic) bond motifs is 1. The fourth-order valence-electron chi connectivity index (χ4n) is 2.32. The van der Waals surface area contributed by atoms with Crippen LogP contribution in [0, 0.1) is 0 Å². The first kappa shape index (κ1) is 12.5. The zero-order valence-corrected chi connectivity index (χ0v) is 11.6. The average molecular weight is 269 g/mol. The average Bonchev–Trinajstić information content (AvgIpc) is 3.02. The van der Waals surface area contributed by atoms with Gasteiger partial charge in [0.05, 0.1) is 23.8 Å². The molecule has 0 unspecified atom stereocenters. The molecule has 0 amide bonds. The third kappa shape index (κ3) is 1.87. The molecule has 5 heteroatoms. The molecule has 0 bridgehead atoms. The number of aryl methyl sites for hydroxylation is 2. The van der Waals surface area contributed by atoms with Gasteiger partial charge < -0.3 is 13.9 Å². The van der Waals surface area contributed by atoms with E-state index in [-0.39, 0.29) is 5.97 Å². The third-order valence-electron chi connectivity index (χ3n) is 3.43. The van der Waals surface area contributed by atoms with E-state index in [1.165, 1.54) is 7.11 Å². The maximum absolute atomic E-state index is 11.6. The quantitative estimate of drug-likeness (QED) is 0.671. The Morgan fingerprint density at radius 3 is 2.75 bits per heavy atom. The van der Waals surface area contributed by atoms with Gasteiger partial charge in [-0.05, 0) is 24.3 Å². The number of rotatable bonds is 2. The number of aromatic nitrogens is 3. The molecule has 0 radical (unpaired) electrons. The van der Waals surface area contributed by atoms with Gasteiger partial charge in [-0.1, -0.05) is 0 Å². The highest BCUT2D eigenvalue weighted by Crippen LogP contribution is 2.23. The molecule has 0 saturated heterocycles. The largest absolute Gasteiger partial charge is 0.464 e. The molecule has 0 aliphatic carbocycles. The lowest BCUT2D eigenvalue weighted by Gasteiger charge is -1.99. The van der Waals surface area contributed by atoms with E-state index in [0.29, 0.717) is 5.69 Å². The Bertz CT molecular complexity index is 799. The normalized spacial score (nSPS) is 10.9. The summed E-state index contributed by atoms with van der Waals surface area (Å²) >= 11 is 0. The highest BCUT2D eigenvalue weighted by molar-refractivity contribution is 5.90. The Labute approximate surface area is 116 Å². The molecule has 0 aliphatic rings. The SMILES string of the molecule is COC(=O)c1cc(-c2ccc3c(ccn3C)n2)cn1C. The highest BCUT2D eigenvalue weighted by atomic mass is 16.5. The summed E-state index contributed by atoms with van der Waals surface area (Å²) in [5.74, 6) is -0.348. The number of carbonyl (C=O) groups is 1. The summed E-state index contributed by atoms with van der Waals surface area (Å²) in [6.45, 7) is 0. The zero-order valence-electron chi connectivity index (χ0n) is 11.6. The monoisotopic (exact) mass is 269 g/mol. The van der Waals surface area contributed by atoms with Crippen LogP contribution in [0.4, 0.5) is 0 Å². The lowest BCUT2D eigenvalue weighted by molar-refractivity contribution is 0.0590. The Kier molecular flexibility index (Phi) is 2.82. The Hall–Kier alpha value is -2.56. The summed E-state index contributed by atoms with van der Waals surface area (Å²) in [5, 5.41) is 0. The first-order chi connectivity index (χ1) is 9.60. The topological polar surface area (TPSA) is 49.1 Å². The maximum atomic E-state index is 11.6. The van der Waals surface area contributed by atoms with Gasteiger partial charge in [0.25, 0.3) is 0 Å². The third-order valence-corrected chi connectivity index (χ3v) is 3.43. The lowest BCUT2D eigenvalue weighted by Crippen LogP contribution is -2.06. The first-order valence-corrected chi connectivity index (χ1v) is 6.27. The number of pyridine rings is 1. The fourth-order valence-corrected chi connectivity index (χ4v) is 2.32. The van der Waals surface area contributed by atoms with Crippen LogP contribution < -0.4 is 0 Å². The first-order valence-electron chi connectivity index (χ1n) is 6.27. The van der Waals surface area contributed by atoms with Gasteiger partial charge in [-0.15, -0.1) is 0 Å². The second kappa shape index (κ2) is 4.52. The van der Waals surface area contributed by atoms with E-state index in [0.717, 1.165) is 22.3 Å². The summed E-state index contributed by atoms with van der Waals surface area (Å²) in [5.41, 5.74) is 4.27. The highest BCUT2D eigenvalue weighted by Gasteiger charge is 2.14. The van der Waals surface area contributed by atoms with Crippen molar-refractivity contribution in [1.82, 2.24) is 14.1 Å². The van der Waals surface area contributed by atoms with Crippen LogP contribution in [0.3, 0.4) is 0 Å². The van der Waals surface area contributed by atoms with Crippen LogP contribution in [0.1, 0.15) is 10.5 Å². The Morgan fingerprint density at radius 2 is 2.00 bits per heavy atom. The summed E-state index contributed by atoms with van der Waals surface area (Å²) in [7, 11) is 5.18. The van der Waals surface area contributed by atoms with E-state index >= 15 is 0 Å². The van der Waals surface area contributed by atoms with Crippen molar-refractivity contribution in [3.63, 3.8) is 0 Å². The number of methoxy groups -OCH3 is 1. The van der Waals surface area contributed by atoms with Crippen molar-refractivity contribution in [3.8, 4) is 11.3 Å². The molecular formula is C15H15N3O2. The molecule has 3 rings (SSSR count). The van der Waals surface area contributed by atoms with Crippen molar-refractivity contribution in [2.45, 2.75) is 0 Å². The van der Waals surface area contributed by atoms with Gasteiger partial charge in [0.2, 0.25) is 0 Å². The van der Waals surface area contributed by atoms with Gasteiger partial charge in [0, 0.05) is 32.1 Å². The molecule has 0 spiro atoms. The van der Waals surface area contributed by atoms with E-state index in [4.69, 9.17) is 4.74 Å². The molecule has 0 aliphatic heterocycles. The molecule has 0 aromatic carbocycles. The summed E-state index contributed by atoms with van der Waals surface area (Å²) in [6.07, 6.45) is 3.86. The minimum atomic E-state index is -0.348. The number of ether oxygens (including phenoxy) is 1. The smallest absolute Gasteiger partial charge is 0.354 e. The van der Waals surface area contributed by atoms with E-state index < -0.39 is 0 Å². The summed E-state index contributed by atoms with van der Waals surface area (Å²) in [4.78, 5) is 16.2. The molecule has 20 heavy (non-hydrogen) atoms.